The highest BCUT2D eigenvalue weighted by atomic mass is 16.4. The van der Waals surface area contributed by atoms with Gasteiger partial charge in [-0.25, -0.2) is 9.78 Å². The first kappa shape index (κ1) is 12.9. The van der Waals surface area contributed by atoms with Crippen LogP contribution < -0.4 is 5.63 Å². The van der Waals surface area contributed by atoms with Crippen molar-refractivity contribution in [1.82, 2.24) is 14.5 Å². The summed E-state index contributed by atoms with van der Waals surface area (Å²) in [6.45, 7) is 1.83. The largest absolute Gasteiger partial charge is 0.421 e. The van der Waals surface area contributed by atoms with E-state index in [-0.39, 0.29) is 5.63 Å². The number of nitrogens with zero attached hydrogens (tertiary/aromatic N) is 3. The van der Waals surface area contributed by atoms with Gasteiger partial charge in [0.1, 0.15) is 5.58 Å². The molecule has 0 aliphatic carbocycles. The standard InChI is InChI=1S/C15H17N3O2/c1-17(2)8-5-9-18-10-16-13-14(18)11-6-3-4-7-12(11)20-15(13)19/h3-4,6-7,10H,5,8-9H2,1-2H3. The average Bonchev–Trinajstić information content (AvgIpc) is 2.83. The average molecular weight is 271 g/mol. The number of rotatable bonds is 4. The maximum Gasteiger partial charge on any atom is 0.364 e. The van der Waals surface area contributed by atoms with E-state index in [1.54, 1.807) is 6.33 Å². The highest BCUT2D eigenvalue weighted by molar-refractivity contribution is 6.00. The van der Waals surface area contributed by atoms with E-state index in [9.17, 15) is 4.79 Å². The molecule has 0 saturated heterocycles. The molecule has 0 unspecified atom stereocenters. The Morgan fingerprint density at radius 3 is 2.90 bits per heavy atom. The van der Waals surface area contributed by atoms with Crippen molar-refractivity contribution in [3.63, 3.8) is 0 Å². The van der Waals surface area contributed by atoms with Crippen LogP contribution in [0.1, 0.15) is 6.42 Å². The molecule has 0 fully saturated rings. The molecule has 104 valence electrons. The van der Waals surface area contributed by atoms with Crippen LogP contribution in [-0.4, -0.2) is 35.1 Å². The molecule has 0 saturated carbocycles. The van der Waals surface area contributed by atoms with Crippen molar-refractivity contribution < 1.29 is 4.42 Å². The normalized spacial score (nSPS) is 11.8. The quantitative estimate of drug-likeness (QED) is 0.682. The van der Waals surface area contributed by atoms with Crippen LogP contribution in [0, 0.1) is 0 Å². The molecule has 0 amide bonds. The van der Waals surface area contributed by atoms with E-state index in [1.807, 2.05) is 28.8 Å². The predicted molar refractivity (Wildman–Crippen MR) is 78.9 cm³/mol. The van der Waals surface area contributed by atoms with Gasteiger partial charge in [0, 0.05) is 11.9 Å². The van der Waals surface area contributed by atoms with Crippen molar-refractivity contribution in [3.8, 4) is 0 Å². The van der Waals surface area contributed by atoms with Crippen molar-refractivity contribution in [2.45, 2.75) is 13.0 Å². The van der Waals surface area contributed by atoms with Crippen LogP contribution >= 0.6 is 0 Å². The summed E-state index contributed by atoms with van der Waals surface area (Å²) in [5, 5.41) is 0.935. The highest BCUT2D eigenvalue weighted by Gasteiger charge is 2.12. The zero-order chi connectivity index (χ0) is 14.1. The third-order valence-corrected chi connectivity index (χ3v) is 3.38. The minimum atomic E-state index is -0.370. The zero-order valence-electron chi connectivity index (χ0n) is 11.7. The molecule has 0 aliphatic rings. The van der Waals surface area contributed by atoms with E-state index in [0.29, 0.717) is 11.1 Å². The molecule has 2 aromatic heterocycles. The van der Waals surface area contributed by atoms with Crippen LogP contribution in [0.25, 0.3) is 22.0 Å². The Kier molecular flexibility index (Phi) is 3.28. The molecule has 20 heavy (non-hydrogen) atoms. The fourth-order valence-electron chi connectivity index (χ4n) is 2.44. The molecule has 2 heterocycles. The van der Waals surface area contributed by atoms with Gasteiger partial charge in [-0.15, -0.1) is 0 Å². The molecular formula is C15H17N3O2. The Bertz CT molecular complexity index is 802. The number of aromatic nitrogens is 2. The number of fused-ring (bicyclic) bond motifs is 3. The first-order valence-corrected chi connectivity index (χ1v) is 6.68. The Labute approximate surface area is 116 Å². The second-order valence-corrected chi connectivity index (χ2v) is 5.18. The second kappa shape index (κ2) is 5.09. The maximum atomic E-state index is 11.9. The third kappa shape index (κ3) is 2.20. The second-order valence-electron chi connectivity index (χ2n) is 5.18. The molecule has 0 aliphatic heterocycles. The Balaban J connectivity index is 2.12. The van der Waals surface area contributed by atoms with E-state index < -0.39 is 0 Å². The molecule has 5 heteroatoms. The summed E-state index contributed by atoms with van der Waals surface area (Å²) in [7, 11) is 4.10. The molecule has 3 rings (SSSR count). The van der Waals surface area contributed by atoms with Crippen molar-refractivity contribution in [2.24, 2.45) is 0 Å². The highest BCUT2D eigenvalue weighted by Crippen LogP contribution is 2.22. The van der Waals surface area contributed by atoms with E-state index in [4.69, 9.17) is 4.42 Å². The summed E-state index contributed by atoms with van der Waals surface area (Å²) in [5.41, 5.74) is 1.52. The van der Waals surface area contributed by atoms with Gasteiger partial charge < -0.3 is 13.9 Å². The molecule has 1 aromatic carbocycles. The van der Waals surface area contributed by atoms with Gasteiger partial charge in [-0.3, -0.25) is 0 Å². The zero-order valence-corrected chi connectivity index (χ0v) is 11.7. The number of hydrogen-bond donors (Lipinski definition) is 0. The summed E-state index contributed by atoms with van der Waals surface area (Å²) in [5.74, 6) is 0. The first-order valence-electron chi connectivity index (χ1n) is 6.68. The SMILES string of the molecule is CN(C)CCCn1cnc2c(=O)oc3ccccc3c21. The van der Waals surface area contributed by atoms with Crippen LogP contribution in [0.3, 0.4) is 0 Å². The van der Waals surface area contributed by atoms with Crippen LogP contribution in [0.2, 0.25) is 0 Å². The number of imidazole rings is 1. The van der Waals surface area contributed by atoms with Gasteiger partial charge in [0.2, 0.25) is 0 Å². The minimum Gasteiger partial charge on any atom is -0.421 e. The molecule has 0 N–H and O–H groups in total. The number of aryl methyl sites for hydroxylation is 1. The van der Waals surface area contributed by atoms with Gasteiger partial charge in [0.25, 0.3) is 0 Å². The maximum absolute atomic E-state index is 11.9. The third-order valence-electron chi connectivity index (χ3n) is 3.38. The van der Waals surface area contributed by atoms with Crippen LogP contribution in [0.5, 0.6) is 0 Å². The van der Waals surface area contributed by atoms with Crippen molar-refractivity contribution in [2.75, 3.05) is 20.6 Å². The van der Waals surface area contributed by atoms with Gasteiger partial charge in [0.15, 0.2) is 5.52 Å². The Morgan fingerprint density at radius 2 is 2.10 bits per heavy atom. The van der Waals surface area contributed by atoms with Crippen molar-refractivity contribution in [1.29, 1.82) is 0 Å². The molecule has 5 nitrogen and oxygen atoms in total. The molecule has 0 bridgehead atoms. The number of benzene rings is 1. The summed E-state index contributed by atoms with van der Waals surface area (Å²) in [6.07, 6.45) is 2.73. The van der Waals surface area contributed by atoms with Crippen LogP contribution in [-0.2, 0) is 6.54 Å². The van der Waals surface area contributed by atoms with Gasteiger partial charge in [-0.1, -0.05) is 12.1 Å². The fourth-order valence-corrected chi connectivity index (χ4v) is 2.44. The predicted octanol–water partition coefficient (Wildman–Crippen LogP) is 2.09. The molecule has 0 atom stereocenters. The molecule has 0 radical (unpaired) electrons. The lowest BCUT2D eigenvalue weighted by Crippen LogP contribution is -2.15. The Hall–Kier alpha value is -2.14. The van der Waals surface area contributed by atoms with E-state index in [0.717, 1.165) is 30.4 Å². The first-order chi connectivity index (χ1) is 9.66. The van der Waals surface area contributed by atoms with Crippen molar-refractivity contribution >= 4 is 22.0 Å². The van der Waals surface area contributed by atoms with Gasteiger partial charge >= 0.3 is 5.63 Å². The lowest BCUT2D eigenvalue weighted by molar-refractivity contribution is 0.388. The summed E-state index contributed by atoms with van der Waals surface area (Å²) in [6, 6.07) is 7.58. The van der Waals surface area contributed by atoms with Crippen LogP contribution in [0.4, 0.5) is 0 Å². The summed E-state index contributed by atoms with van der Waals surface area (Å²) in [4.78, 5) is 18.3. The van der Waals surface area contributed by atoms with Gasteiger partial charge in [-0.2, -0.15) is 0 Å². The van der Waals surface area contributed by atoms with Gasteiger partial charge in [-0.05, 0) is 39.2 Å². The monoisotopic (exact) mass is 271 g/mol. The Morgan fingerprint density at radius 1 is 1.30 bits per heavy atom. The molecular weight excluding hydrogens is 254 g/mol. The fraction of sp³-hybridized carbons (Fsp3) is 0.333. The summed E-state index contributed by atoms with van der Waals surface area (Å²) < 4.78 is 7.33. The van der Waals surface area contributed by atoms with Crippen LogP contribution in [0.15, 0.2) is 39.8 Å². The summed E-state index contributed by atoms with van der Waals surface area (Å²) >= 11 is 0. The van der Waals surface area contributed by atoms with E-state index in [2.05, 4.69) is 24.0 Å². The minimum absolute atomic E-state index is 0.370. The topological polar surface area (TPSA) is 51.3 Å². The number of para-hydroxylation sites is 1. The van der Waals surface area contributed by atoms with E-state index >= 15 is 0 Å². The number of hydrogen-bond acceptors (Lipinski definition) is 4. The molecule has 3 aromatic rings. The molecule has 0 spiro atoms. The smallest absolute Gasteiger partial charge is 0.364 e. The lowest BCUT2D eigenvalue weighted by atomic mass is 10.2. The lowest BCUT2D eigenvalue weighted by Gasteiger charge is -2.10. The van der Waals surface area contributed by atoms with Gasteiger partial charge in [0.05, 0.1) is 11.8 Å². The van der Waals surface area contributed by atoms with E-state index in [1.165, 1.54) is 0 Å². The van der Waals surface area contributed by atoms with Crippen molar-refractivity contribution in [3.05, 3.63) is 41.0 Å².